The molecular formula is C15H11BrN2OS. The first-order chi connectivity index (χ1) is 9.69. The van der Waals surface area contributed by atoms with Crippen LogP contribution in [0, 0.1) is 11.3 Å². The SMILES string of the molecule is N#Cc1ccccc1NC(=O)CSc1cccc(Br)c1. The maximum absolute atomic E-state index is 11.9. The average Bonchev–Trinajstić information content (AvgIpc) is 2.46. The molecule has 0 spiro atoms. The minimum Gasteiger partial charge on any atom is -0.324 e. The van der Waals surface area contributed by atoms with E-state index in [0.29, 0.717) is 17.0 Å². The first-order valence-corrected chi connectivity index (χ1v) is 7.64. The number of carbonyl (C=O) groups is 1. The molecule has 2 aromatic carbocycles. The molecule has 0 aromatic heterocycles. The number of rotatable bonds is 4. The number of benzene rings is 2. The zero-order chi connectivity index (χ0) is 14.4. The summed E-state index contributed by atoms with van der Waals surface area (Å²) >= 11 is 4.84. The van der Waals surface area contributed by atoms with Gasteiger partial charge >= 0.3 is 0 Å². The van der Waals surface area contributed by atoms with Crippen molar-refractivity contribution in [1.29, 1.82) is 5.26 Å². The topological polar surface area (TPSA) is 52.9 Å². The molecule has 20 heavy (non-hydrogen) atoms. The van der Waals surface area contributed by atoms with E-state index in [9.17, 15) is 4.79 Å². The minimum absolute atomic E-state index is 0.127. The fourth-order valence-electron chi connectivity index (χ4n) is 1.58. The van der Waals surface area contributed by atoms with E-state index in [-0.39, 0.29) is 5.91 Å². The lowest BCUT2D eigenvalue weighted by Gasteiger charge is -2.06. The van der Waals surface area contributed by atoms with E-state index in [2.05, 4.69) is 27.3 Å². The van der Waals surface area contributed by atoms with Gasteiger partial charge in [0.05, 0.1) is 17.0 Å². The van der Waals surface area contributed by atoms with Gasteiger partial charge in [-0.15, -0.1) is 11.8 Å². The Kier molecular flexibility index (Phi) is 5.22. The molecule has 5 heteroatoms. The quantitative estimate of drug-likeness (QED) is 0.849. The standard InChI is InChI=1S/C15H11BrN2OS/c16-12-5-3-6-13(8-12)20-10-15(19)18-14-7-2-1-4-11(14)9-17/h1-8H,10H2,(H,18,19). The number of anilines is 1. The summed E-state index contributed by atoms with van der Waals surface area (Å²) in [6, 6.07) is 16.8. The normalized spacial score (nSPS) is 9.80. The molecule has 0 saturated carbocycles. The van der Waals surface area contributed by atoms with Gasteiger partial charge in [-0.1, -0.05) is 34.1 Å². The molecule has 0 heterocycles. The number of carbonyl (C=O) groups excluding carboxylic acids is 1. The lowest BCUT2D eigenvalue weighted by molar-refractivity contribution is -0.113. The molecule has 1 N–H and O–H groups in total. The van der Waals surface area contributed by atoms with Crippen molar-refractivity contribution in [2.45, 2.75) is 4.90 Å². The minimum atomic E-state index is -0.127. The van der Waals surface area contributed by atoms with Gasteiger partial charge in [0.25, 0.3) is 0 Å². The monoisotopic (exact) mass is 346 g/mol. The maximum Gasteiger partial charge on any atom is 0.234 e. The predicted molar refractivity (Wildman–Crippen MR) is 84.7 cm³/mol. The van der Waals surface area contributed by atoms with Crippen LogP contribution in [0.3, 0.4) is 0 Å². The lowest BCUT2D eigenvalue weighted by Crippen LogP contribution is -2.14. The van der Waals surface area contributed by atoms with E-state index in [1.54, 1.807) is 24.3 Å². The van der Waals surface area contributed by atoms with E-state index >= 15 is 0 Å². The van der Waals surface area contributed by atoms with Crippen LogP contribution in [0.1, 0.15) is 5.56 Å². The van der Waals surface area contributed by atoms with Gasteiger partial charge in [0.2, 0.25) is 5.91 Å². The summed E-state index contributed by atoms with van der Waals surface area (Å²) in [5.41, 5.74) is 1.02. The Labute approximate surface area is 130 Å². The van der Waals surface area contributed by atoms with Crippen molar-refractivity contribution in [2.75, 3.05) is 11.1 Å². The van der Waals surface area contributed by atoms with Crippen LogP contribution in [0.5, 0.6) is 0 Å². The lowest BCUT2D eigenvalue weighted by atomic mass is 10.2. The van der Waals surface area contributed by atoms with Gasteiger partial charge in [-0.3, -0.25) is 4.79 Å². The van der Waals surface area contributed by atoms with E-state index in [1.165, 1.54) is 11.8 Å². The highest BCUT2D eigenvalue weighted by molar-refractivity contribution is 9.10. The smallest absolute Gasteiger partial charge is 0.234 e. The number of thioether (sulfide) groups is 1. The molecule has 0 fully saturated rings. The Balaban J connectivity index is 1.95. The molecule has 0 radical (unpaired) electrons. The van der Waals surface area contributed by atoms with E-state index < -0.39 is 0 Å². The highest BCUT2D eigenvalue weighted by Gasteiger charge is 2.07. The van der Waals surface area contributed by atoms with Crippen LogP contribution >= 0.6 is 27.7 Å². The Hall–Kier alpha value is -1.77. The van der Waals surface area contributed by atoms with Gasteiger partial charge in [-0.05, 0) is 30.3 Å². The average molecular weight is 347 g/mol. The molecule has 0 unspecified atom stereocenters. The summed E-state index contributed by atoms with van der Waals surface area (Å²) in [5, 5.41) is 11.7. The molecule has 0 aliphatic heterocycles. The van der Waals surface area contributed by atoms with Gasteiger partial charge in [0.1, 0.15) is 6.07 Å². The van der Waals surface area contributed by atoms with Crippen LogP contribution in [0.2, 0.25) is 0 Å². The molecule has 2 rings (SSSR count). The number of amides is 1. The molecule has 0 saturated heterocycles. The third-order valence-electron chi connectivity index (χ3n) is 2.49. The molecule has 0 aliphatic rings. The zero-order valence-electron chi connectivity index (χ0n) is 10.5. The van der Waals surface area contributed by atoms with Crippen LogP contribution < -0.4 is 5.32 Å². The number of halogens is 1. The third kappa shape index (κ3) is 4.12. The molecule has 2 aromatic rings. The first-order valence-electron chi connectivity index (χ1n) is 5.86. The van der Waals surface area contributed by atoms with Crippen LogP contribution in [0.15, 0.2) is 57.9 Å². The van der Waals surface area contributed by atoms with Crippen molar-refractivity contribution >= 4 is 39.3 Å². The highest BCUT2D eigenvalue weighted by Crippen LogP contribution is 2.22. The van der Waals surface area contributed by atoms with Gasteiger partial charge in [0, 0.05) is 9.37 Å². The van der Waals surface area contributed by atoms with Crippen LogP contribution in [0.25, 0.3) is 0 Å². The van der Waals surface area contributed by atoms with Crippen molar-refractivity contribution in [1.82, 2.24) is 0 Å². The molecule has 3 nitrogen and oxygen atoms in total. The van der Waals surface area contributed by atoms with Gasteiger partial charge in [0.15, 0.2) is 0 Å². The highest BCUT2D eigenvalue weighted by atomic mass is 79.9. The van der Waals surface area contributed by atoms with E-state index in [1.807, 2.05) is 24.3 Å². The van der Waals surface area contributed by atoms with Crippen molar-refractivity contribution in [2.24, 2.45) is 0 Å². The van der Waals surface area contributed by atoms with Gasteiger partial charge < -0.3 is 5.32 Å². The van der Waals surface area contributed by atoms with Gasteiger partial charge in [-0.2, -0.15) is 5.26 Å². The number of hydrogen-bond donors (Lipinski definition) is 1. The Bertz CT molecular complexity index is 667. The van der Waals surface area contributed by atoms with E-state index in [0.717, 1.165) is 9.37 Å². The molecular weight excluding hydrogens is 336 g/mol. The molecule has 0 atom stereocenters. The fourth-order valence-corrected chi connectivity index (χ4v) is 2.89. The first kappa shape index (κ1) is 14.6. The summed E-state index contributed by atoms with van der Waals surface area (Å²) in [6.07, 6.45) is 0. The number of hydrogen-bond acceptors (Lipinski definition) is 3. The van der Waals surface area contributed by atoms with Crippen LogP contribution in [-0.4, -0.2) is 11.7 Å². The number of nitrogens with one attached hydrogen (secondary N) is 1. The summed E-state index contributed by atoms with van der Waals surface area (Å²) in [7, 11) is 0. The van der Waals surface area contributed by atoms with Gasteiger partial charge in [-0.25, -0.2) is 0 Å². The Morgan fingerprint density at radius 1 is 1.25 bits per heavy atom. The fraction of sp³-hybridized carbons (Fsp3) is 0.0667. The maximum atomic E-state index is 11.9. The summed E-state index contributed by atoms with van der Waals surface area (Å²) in [5.74, 6) is 0.175. The summed E-state index contributed by atoms with van der Waals surface area (Å²) in [4.78, 5) is 12.9. The molecule has 100 valence electrons. The third-order valence-corrected chi connectivity index (χ3v) is 3.97. The van der Waals surface area contributed by atoms with Crippen molar-refractivity contribution in [3.05, 3.63) is 58.6 Å². The second kappa shape index (κ2) is 7.13. The van der Waals surface area contributed by atoms with E-state index in [4.69, 9.17) is 5.26 Å². The van der Waals surface area contributed by atoms with Crippen molar-refractivity contribution in [3.8, 4) is 6.07 Å². The number of nitriles is 1. The Morgan fingerprint density at radius 3 is 2.80 bits per heavy atom. The largest absolute Gasteiger partial charge is 0.324 e. The van der Waals surface area contributed by atoms with Crippen LogP contribution in [0.4, 0.5) is 5.69 Å². The summed E-state index contributed by atoms with van der Waals surface area (Å²) < 4.78 is 0.984. The molecule has 0 bridgehead atoms. The Morgan fingerprint density at radius 2 is 2.05 bits per heavy atom. The van der Waals surface area contributed by atoms with Crippen molar-refractivity contribution in [3.63, 3.8) is 0 Å². The number of para-hydroxylation sites is 1. The zero-order valence-corrected chi connectivity index (χ0v) is 12.9. The second-order valence-corrected chi connectivity index (χ2v) is 5.92. The predicted octanol–water partition coefficient (Wildman–Crippen LogP) is 4.05. The van der Waals surface area contributed by atoms with Crippen LogP contribution in [-0.2, 0) is 4.79 Å². The molecule has 1 amide bonds. The molecule has 0 aliphatic carbocycles. The van der Waals surface area contributed by atoms with Crippen molar-refractivity contribution < 1.29 is 4.79 Å². The second-order valence-electron chi connectivity index (χ2n) is 3.95. The summed E-state index contributed by atoms with van der Waals surface area (Å²) in [6.45, 7) is 0. The number of nitrogens with zero attached hydrogens (tertiary/aromatic N) is 1.